The van der Waals surface area contributed by atoms with Crippen LogP contribution in [0.2, 0.25) is 0 Å². The number of carbonyl (C=O) groups is 1. The second-order valence-electron chi connectivity index (χ2n) is 7.46. The molecule has 5 heteroatoms. The maximum atomic E-state index is 12.5. The van der Waals surface area contributed by atoms with Crippen LogP contribution < -0.4 is 0 Å². The fraction of sp³-hybridized carbons (Fsp3) is 0.667. The number of hydrogen-bond acceptors (Lipinski definition) is 4. The fourth-order valence-corrected chi connectivity index (χ4v) is 4.10. The van der Waals surface area contributed by atoms with Gasteiger partial charge < -0.3 is 19.5 Å². The number of piperidine rings is 1. The van der Waals surface area contributed by atoms with Gasteiger partial charge in [-0.1, -0.05) is 30.3 Å². The molecule has 0 radical (unpaired) electrons. The van der Waals surface area contributed by atoms with E-state index >= 15 is 0 Å². The molecule has 144 valence electrons. The first-order valence-electron chi connectivity index (χ1n) is 9.89. The molecule has 2 heterocycles. The number of hydrogen-bond donors (Lipinski definition) is 1. The molecule has 1 unspecified atom stereocenters. The van der Waals surface area contributed by atoms with Crippen molar-refractivity contribution in [3.63, 3.8) is 0 Å². The van der Waals surface area contributed by atoms with Gasteiger partial charge in [0.1, 0.15) is 0 Å². The zero-order valence-electron chi connectivity index (χ0n) is 15.6. The van der Waals surface area contributed by atoms with E-state index in [1.807, 2.05) is 23.1 Å². The number of carbonyl (C=O) groups excluding carboxylic acids is 1. The summed E-state index contributed by atoms with van der Waals surface area (Å²) in [5.41, 5.74) is 1.15. The Bertz CT molecular complexity index is 554. The van der Waals surface area contributed by atoms with Crippen molar-refractivity contribution in [2.45, 2.75) is 56.7 Å². The smallest absolute Gasteiger partial charge is 0.222 e. The van der Waals surface area contributed by atoms with Crippen molar-refractivity contribution in [2.24, 2.45) is 0 Å². The monoisotopic (exact) mass is 361 g/mol. The molecule has 1 N–H and O–H groups in total. The van der Waals surface area contributed by atoms with Crippen LogP contribution in [-0.4, -0.2) is 60.5 Å². The zero-order valence-corrected chi connectivity index (χ0v) is 15.6. The lowest BCUT2D eigenvalue weighted by atomic mass is 9.83. The van der Waals surface area contributed by atoms with Gasteiger partial charge in [0.25, 0.3) is 0 Å². The summed E-state index contributed by atoms with van der Waals surface area (Å²) in [4.78, 5) is 14.5. The number of rotatable bonds is 7. The highest BCUT2D eigenvalue weighted by molar-refractivity contribution is 5.76. The van der Waals surface area contributed by atoms with E-state index in [4.69, 9.17) is 14.6 Å². The summed E-state index contributed by atoms with van der Waals surface area (Å²) in [6.07, 6.45) is 6.18. The highest BCUT2D eigenvalue weighted by Crippen LogP contribution is 2.36. The molecule has 0 saturated carbocycles. The minimum atomic E-state index is -0.140. The van der Waals surface area contributed by atoms with Crippen molar-refractivity contribution < 1.29 is 19.4 Å². The first-order valence-corrected chi connectivity index (χ1v) is 9.89. The molecule has 2 aliphatic rings. The first-order chi connectivity index (χ1) is 12.7. The lowest BCUT2D eigenvalue weighted by Crippen LogP contribution is -2.52. The molecule has 0 aliphatic carbocycles. The molecule has 26 heavy (non-hydrogen) atoms. The van der Waals surface area contributed by atoms with E-state index in [1.165, 1.54) is 5.56 Å². The Balaban J connectivity index is 1.40. The fourth-order valence-electron chi connectivity index (χ4n) is 4.10. The predicted molar refractivity (Wildman–Crippen MR) is 99.9 cm³/mol. The average Bonchev–Trinajstić information content (AvgIpc) is 2.68. The van der Waals surface area contributed by atoms with Gasteiger partial charge in [-0.25, -0.2) is 0 Å². The SMILES string of the molecule is O=C(CCCc1ccccc1)N1CCC2(CC1)CC(OCCO)CCO2. The molecule has 1 aromatic rings. The summed E-state index contributed by atoms with van der Waals surface area (Å²) >= 11 is 0. The quantitative estimate of drug-likeness (QED) is 0.811. The van der Waals surface area contributed by atoms with E-state index in [2.05, 4.69) is 12.1 Å². The predicted octanol–water partition coefficient (Wildman–Crippen LogP) is 2.56. The van der Waals surface area contributed by atoms with Crippen LogP contribution in [0.25, 0.3) is 0 Å². The third-order valence-electron chi connectivity index (χ3n) is 5.62. The normalized spacial score (nSPS) is 22.5. The Hall–Kier alpha value is -1.43. The summed E-state index contributed by atoms with van der Waals surface area (Å²) < 4.78 is 11.8. The molecular weight excluding hydrogens is 330 g/mol. The van der Waals surface area contributed by atoms with Crippen molar-refractivity contribution in [1.82, 2.24) is 4.90 Å². The molecule has 2 aliphatic heterocycles. The Morgan fingerprint density at radius 2 is 2.04 bits per heavy atom. The highest BCUT2D eigenvalue weighted by Gasteiger charge is 2.41. The van der Waals surface area contributed by atoms with Crippen molar-refractivity contribution in [3.8, 4) is 0 Å². The summed E-state index contributed by atoms with van der Waals surface area (Å²) in [5.74, 6) is 0.264. The number of amides is 1. The van der Waals surface area contributed by atoms with Crippen molar-refractivity contribution in [2.75, 3.05) is 32.9 Å². The molecule has 2 fully saturated rings. The number of ether oxygens (including phenoxy) is 2. The first kappa shape index (κ1) is 19.3. The summed E-state index contributed by atoms with van der Waals surface area (Å²) in [6, 6.07) is 10.3. The number of aryl methyl sites for hydroxylation is 1. The van der Waals surface area contributed by atoms with Gasteiger partial charge in [0, 0.05) is 32.5 Å². The Morgan fingerprint density at radius 1 is 1.27 bits per heavy atom. The van der Waals surface area contributed by atoms with Gasteiger partial charge in [-0.05, 0) is 37.7 Å². The summed E-state index contributed by atoms with van der Waals surface area (Å²) in [6.45, 7) is 2.72. The standard InChI is InChI=1S/C21H31NO4/c23-14-16-25-19-9-15-26-21(17-19)10-12-22(13-11-21)20(24)8-4-7-18-5-2-1-3-6-18/h1-3,5-6,19,23H,4,7-17H2. The third-order valence-corrected chi connectivity index (χ3v) is 5.62. The van der Waals surface area contributed by atoms with Gasteiger partial charge in [0.2, 0.25) is 5.91 Å². The van der Waals surface area contributed by atoms with E-state index in [9.17, 15) is 4.79 Å². The van der Waals surface area contributed by atoms with Crippen molar-refractivity contribution in [1.29, 1.82) is 0 Å². The van der Waals surface area contributed by atoms with Crippen LogP contribution in [0.15, 0.2) is 30.3 Å². The molecule has 1 atom stereocenters. The van der Waals surface area contributed by atoms with Crippen LogP contribution in [-0.2, 0) is 20.7 Å². The lowest BCUT2D eigenvalue weighted by molar-refractivity contribution is -0.162. The molecule has 1 amide bonds. The van der Waals surface area contributed by atoms with Crippen LogP contribution in [0.5, 0.6) is 0 Å². The van der Waals surface area contributed by atoms with Crippen LogP contribution in [0.3, 0.4) is 0 Å². The number of benzene rings is 1. The molecule has 3 rings (SSSR count). The van der Waals surface area contributed by atoms with Crippen molar-refractivity contribution >= 4 is 5.91 Å². The molecule has 2 saturated heterocycles. The number of aliphatic hydroxyl groups excluding tert-OH is 1. The van der Waals surface area contributed by atoms with E-state index in [1.54, 1.807) is 0 Å². The van der Waals surface area contributed by atoms with E-state index < -0.39 is 0 Å². The largest absolute Gasteiger partial charge is 0.394 e. The topological polar surface area (TPSA) is 59.0 Å². The van der Waals surface area contributed by atoms with Crippen LogP contribution in [0.4, 0.5) is 0 Å². The maximum Gasteiger partial charge on any atom is 0.222 e. The molecule has 0 bridgehead atoms. The lowest BCUT2D eigenvalue weighted by Gasteiger charge is -2.46. The Morgan fingerprint density at radius 3 is 2.77 bits per heavy atom. The van der Waals surface area contributed by atoms with Gasteiger partial charge in [0.15, 0.2) is 0 Å². The van der Waals surface area contributed by atoms with E-state index in [0.29, 0.717) is 19.6 Å². The number of nitrogens with zero attached hydrogens (tertiary/aromatic N) is 1. The van der Waals surface area contributed by atoms with Crippen LogP contribution in [0, 0.1) is 0 Å². The van der Waals surface area contributed by atoms with E-state index in [-0.39, 0.29) is 24.2 Å². The van der Waals surface area contributed by atoms with Gasteiger partial charge in [-0.15, -0.1) is 0 Å². The highest BCUT2D eigenvalue weighted by atomic mass is 16.5. The minimum Gasteiger partial charge on any atom is -0.394 e. The molecule has 5 nitrogen and oxygen atoms in total. The summed E-state index contributed by atoms with van der Waals surface area (Å²) in [7, 11) is 0. The molecule has 0 aromatic heterocycles. The van der Waals surface area contributed by atoms with E-state index in [0.717, 1.165) is 51.6 Å². The minimum absolute atomic E-state index is 0.0651. The average molecular weight is 361 g/mol. The van der Waals surface area contributed by atoms with Gasteiger partial charge >= 0.3 is 0 Å². The number of aliphatic hydroxyl groups is 1. The molecule has 1 spiro atoms. The molecule has 1 aromatic carbocycles. The van der Waals surface area contributed by atoms with Gasteiger partial charge in [-0.3, -0.25) is 4.79 Å². The Kier molecular flexibility index (Phi) is 7.06. The third kappa shape index (κ3) is 5.29. The Labute approximate surface area is 156 Å². The van der Waals surface area contributed by atoms with Crippen molar-refractivity contribution in [3.05, 3.63) is 35.9 Å². The summed E-state index contributed by atoms with van der Waals surface area (Å²) in [5, 5.41) is 8.94. The van der Waals surface area contributed by atoms with Crippen LogP contribution >= 0.6 is 0 Å². The second kappa shape index (κ2) is 9.49. The maximum absolute atomic E-state index is 12.5. The second-order valence-corrected chi connectivity index (χ2v) is 7.46. The zero-order chi connectivity index (χ0) is 18.2. The van der Waals surface area contributed by atoms with Gasteiger partial charge in [0.05, 0.1) is 24.9 Å². The van der Waals surface area contributed by atoms with Gasteiger partial charge in [-0.2, -0.15) is 0 Å². The van der Waals surface area contributed by atoms with Crippen LogP contribution in [0.1, 0.15) is 44.1 Å². The number of likely N-dealkylation sites (tertiary alicyclic amines) is 1. The molecular formula is C21H31NO4.